The fourth-order valence-electron chi connectivity index (χ4n) is 1.94. The Balaban J connectivity index is 2.07. The summed E-state index contributed by atoms with van der Waals surface area (Å²) < 4.78 is 25.9. The van der Waals surface area contributed by atoms with E-state index in [0.29, 0.717) is 5.69 Å². The molecule has 0 spiro atoms. The van der Waals surface area contributed by atoms with E-state index in [4.69, 9.17) is 0 Å². The summed E-state index contributed by atoms with van der Waals surface area (Å²) in [4.78, 5) is 0. The lowest BCUT2D eigenvalue weighted by atomic mass is 10.1. The zero-order valence-electron chi connectivity index (χ0n) is 11.1. The van der Waals surface area contributed by atoms with Crippen LogP contribution in [0.3, 0.4) is 0 Å². The van der Waals surface area contributed by atoms with Crippen LogP contribution in [0.2, 0.25) is 0 Å². The molecule has 0 aromatic heterocycles. The fourth-order valence-corrected chi connectivity index (χ4v) is 1.94. The molecule has 3 heteroatoms. The SMILES string of the molecule is CCCCCCCCCNc1ccc(F)cc1F. The molecule has 0 unspecified atom stereocenters. The largest absolute Gasteiger partial charge is 0.383 e. The van der Waals surface area contributed by atoms with Crippen LogP contribution in [0.4, 0.5) is 14.5 Å². The van der Waals surface area contributed by atoms with Crippen molar-refractivity contribution >= 4 is 5.69 Å². The normalized spacial score (nSPS) is 10.6. The van der Waals surface area contributed by atoms with Crippen molar-refractivity contribution in [2.75, 3.05) is 11.9 Å². The van der Waals surface area contributed by atoms with Gasteiger partial charge in [0.1, 0.15) is 11.6 Å². The summed E-state index contributed by atoms with van der Waals surface area (Å²) in [5.74, 6) is -1.05. The van der Waals surface area contributed by atoms with E-state index < -0.39 is 11.6 Å². The van der Waals surface area contributed by atoms with Crippen molar-refractivity contribution in [3.05, 3.63) is 29.8 Å². The highest BCUT2D eigenvalue weighted by Gasteiger charge is 2.02. The molecule has 0 saturated heterocycles. The molecule has 0 atom stereocenters. The van der Waals surface area contributed by atoms with Gasteiger partial charge in [0.2, 0.25) is 0 Å². The number of anilines is 1. The number of benzene rings is 1. The maximum absolute atomic E-state index is 13.3. The van der Waals surface area contributed by atoms with Crippen LogP contribution in [0, 0.1) is 11.6 Å². The van der Waals surface area contributed by atoms with Gasteiger partial charge in [-0.1, -0.05) is 45.4 Å². The molecule has 18 heavy (non-hydrogen) atoms. The maximum Gasteiger partial charge on any atom is 0.149 e. The first-order valence-corrected chi connectivity index (χ1v) is 6.93. The number of hydrogen-bond donors (Lipinski definition) is 1. The van der Waals surface area contributed by atoms with Crippen molar-refractivity contribution in [2.45, 2.75) is 51.9 Å². The van der Waals surface area contributed by atoms with Gasteiger partial charge in [0.05, 0.1) is 5.69 Å². The quantitative estimate of drug-likeness (QED) is 0.603. The van der Waals surface area contributed by atoms with Gasteiger partial charge < -0.3 is 5.32 Å². The average Bonchev–Trinajstić information content (AvgIpc) is 2.35. The lowest BCUT2D eigenvalue weighted by molar-refractivity contribution is 0.582. The Bertz CT molecular complexity index is 339. The van der Waals surface area contributed by atoms with Crippen molar-refractivity contribution < 1.29 is 8.78 Å². The van der Waals surface area contributed by atoms with Gasteiger partial charge in [-0.15, -0.1) is 0 Å². The van der Waals surface area contributed by atoms with Gasteiger partial charge in [-0.2, -0.15) is 0 Å². The van der Waals surface area contributed by atoms with E-state index >= 15 is 0 Å². The Morgan fingerprint density at radius 2 is 1.61 bits per heavy atom. The predicted molar refractivity (Wildman–Crippen MR) is 72.8 cm³/mol. The van der Waals surface area contributed by atoms with Crippen LogP contribution in [-0.2, 0) is 0 Å². The van der Waals surface area contributed by atoms with Gasteiger partial charge in [0.25, 0.3) is 0 Å². The molecule has 0 saturated carbocycles. The molecule has 1 aromatic rings. The number of rotatable bonds is 9. The molecule has 0 radical (unpaired) electrons. The van der Waals surface area contributed by atoms with E-state index in [-0.39, 0.29) is 0 Å². The molecular weight excluding hydrogens is 232 g/mol. The van der Waals surface area contributed by atoms with Crippen molar-refractivity contribution in [2.24, 2.45) is 0 Å². The molecule has 0 heterocycles. The second-order valence-electron chi connectivity index (χ2n) is 4.67. The van der Waals surface area contributed by atoms with Gasteiger partial charge >= 0.3 is 0 Å². The van der Waals surface area contributed by atoms with E-state index in [1.807, 2.05) is 0 Å². The molecule has 0 amide bonds. The molecule has 1 aromatic carbocycles. The van der Waals surface area contributed by atoms with E-state index in [2.05, 4.69) is 12.2 Å². The summed E-state index contributed by atoms with van der Waals surface area (Å²) in [6, 6.07) is 3.63. The number of unbranched alkanes of at least 4 members (excludes halogenated alkanes) is 6. The van der Waals surface area contributed by atoms with Crippen LogP contribution < -0.4 is 5.32 Å². The van der Waals surface area contributed by atoms with Crippen molar-refractivity contribution in [3.8, 4) is 0 Å². The van der Waals surface area contributed by atoms with Gasteiger partial charge in [0, 0.05) is 12.6 Å². The molecule has 1 rings (SSSR count). The third-order valence-electron chi connectivity index (χ3n) is 3.03. The number of hydrogen-bond acceptors (Lipinski definition) is 1. The smallest absolute Gasteiger partial charge is 0.149 e. The minimum atomic E-state index is -0.533. The Labute approximate surface area is 109 Å². The fraction of sp³-hybridized carbons (Fsp3) is 0.600. The molecule has 1 nitrogen and oxygen atoms in total. The third kappa shape index (κ3) is 5.99. The Kier molecular flexibility index (Phi) is 7.38. The van der Waals surface area contributed by atoms with Crippen LogP contribution in [0.25, 0.3) is 0 Å². The van der Waals surface area contributed by atoms with Crippen molar-refractivity contribution in [1.82, 2.24) is 0 Å². The molecule has 0 aliphatic carbocycles. The van der Waals surface area contributed by atoms with E-state index in [9.17, 15) is 8.78 Å². The Morgan fingerprint density at radius 3 is 2.28 bits per heavy atom. The molecule has 1 N–H and O–H groups in total. The van der Waals surface area contributed by atoms with Crippen LogP contribution in [0.1, 0.15) is 51.9 Å². The molecule has 0 fully saturated rings. The molecule has 0 aliphatic heterocycles. The van der Waals surface area contributed by atoms with Crippen molar-refractivity contribution in [1.29, 1.82) is 0 Å². The summed E-state index contributed by atoms with van der Waals surface area (Å²) >= 11 is 0. The summed E-state index contributed by atoms with van der Waals surface area (Å²) in [6.07, 6.45) is 8.63. The summed E-state index contributed by atoms with van der Waals surface area (Å²) in [6.45, 7) is 2.96. The van der Waals surface area contributed by atoms with Crippen LogP contribution in [0.15, 0.2) is 18.2 Å². The molecule has 0 aliphatic rings. The minimum absolute atomic E-state index is 0.391. The number of nitrogens with one attached hydrogen (secondary N) is 1. The van der Waals surface area contributed by atoms with Gasteiger partial charge in [-0.25, -0.2) is 8.78 Å². The average molecular weight is 255 g/mol. The molecule has 0 bridgehead atoms. The third-order valence-corrected chi connectivity index (χ3v) is 3.03. The Hall–Kier alpha value is -1.12. The minimum Gasteiger partial charge on any atom is -0.383 e. The van der Waals surface area contributed by atoms with E-state index in [1.165, 1.54) is 50.7 Å². The topological polar surface area (TPSA) is 12.0 Å². The first-order chi connectivity index (χ1) is 8.74. The van der Waals surface area contributed by atoms with Gasteiger partial charge in [0.15, 0.2) is 0 Å². The summed E-state index contributed by atoms with van der Waals surface area (Å²) in [5.41, 5.74) is 0.391. The summed E-state index contributed by atoms with van der Waals surface area (Å²) in [7, 11) is 0. The highest BCUT2D eigenvalue weighted by atomic mass is 19.1. The van der Waals surface area contributed by atoms with E-state index in [0.717, 1.165) is 19.0 Å². The summed E-state index contributed by atoms with van der Waals surface area (Å²) in [5, 5.41) is 3.00. The number of halogens is 2. The standard InChI is InChI=1S/C15H23F2N/c1-2-3-4-5-6-7-8-11-18-15-10-9-13(16)12-14(15)17/h9-10,12,18H,2-8,11H2,1H3. The van der Waals surface area contributed by atoms with E-state index in [1.54, 1.807) is 0 Å². The zero-order chi connectivity index (χ0) is 13.2. The molecule has 102 valence electrons. The first-order valence-electron chi connectivity index (χ1n) is 6.93. The Morgan fingerprint density at radius 1 is 0.944 bits per heavy atom. The van der Waals surface area contributed by atoms with Crippen molar-refractivity contribution in [3.63, 3.8) is 0 Å². The maximum atomic E-state index is 13.3. The lowest BCUT2D eigenvalue weighted by Crippen LogP contribution is -2.03. The van der Waals surface area contributed by atoms with Crippen LogP contribution in [-0.4, -0.2) is 6.54 Å². The highest BCUT2D eigenvalue weighted by Crippen LogP contribution is 2.15. The van der Waals surface area contributed by atoms with Crippen LogP contribution in [0.5, 0.6) is 0 Å². The van der Waals surface area contributed by atoms with Gasteiger partial charge in [-0.05, 0) is 18.6 Å². The second kappa shape index (κ2) is 8.90. The molecular formula is C15H23F2N. The second-order valence-corrected chi connectivity index (χ2v) is 4.67. The predicted octanol–water partition coefficient (Wildman–Crippen LogP) is 5.13. The lowest BCUT2D eigenvalue weighted by Gasteiger charge is -2.07. The first kappa shape index (κ1) is 14.9. The zero-order valence-corrected chi connectivity index (χ0v) is 11.1. The highest BCUT2D eigenvalue weighted by molar-refractivity contribution is 5.44. The van der Waals surface area contributed by atoms with Crippen LogP contribution >= 0.6 is 0 Å². The monoisotopic (exact) mass is 255 g/mol. The van der Waals surface area contributed by atoms with Gasteiger partial charge in [-0.3, -0.25) is 0 Å².